The van der Waals surface area contributed by atoms with Crippen LogP contribution in [0.5, 0.6) is 0 Å². The molecule has 2 aromatic rings. The summed E-state index contributed by atoms with van der Waals surface area (Å²) in [5, 5.41) is 0.334. The molecule has 7 nitrogen and oxygen atoms in total. The second-order valence-corrected chi connectivity index (χ2v) is 5.01. The van der Waals surface area contributed by atoms with Gasteiger partial charge in [-0.1, -0.05) is 11.8 Å². The van der Waals surface area contributed by atoms with E-state index in [9.17, 15) is 9.18 Å². The van der Waals surface area contributed by atoms with Gasteiger partial charge < -0.3 is 11.5 Å². The minimum atomic E-state index is -0.495. The third kappa shape index (κ3) is 3.80. The van der Waals surface area contributed by atoms with Crippen molar-refractivity contribution in [2.24, 2.45) is 5.84 Å². The van der Waals surface area contributed by atoms with Crippen molar-refractivity contribution >= 4 is 29.3 Å². The molecule has 0 saturated heterocycles. The molecule has 1 heterocycles. The van der Waals surface area contributed by atoms with Crippen LogP contribution < -0.4 is 22.7 Å². The Hall–Kier alpha value is -2.39. The fourth-order valence-electron chi connectivity index (χ4n) is 1.58. The van der Waals surface area contributed by atoms with Crippen molar-refractivity contribution in [3.63, 3.8) is 0 Å². The summed E-state index contributed by atoms with van der Waals surface area (Å²) in [6.45, 7) is 0. The summed E-state index contributed by atoms with van der Waals surface area (Å²) in [6, 6.07) is 5.40. The van der Waals surface area contributed by atoms with Crippen molar-refractivity contribution in [3.8, 4) is 0 Å². The molecule has 0 spiro atoms. The molecule has 1 amide bonds. The number of hydrogen-bond donors (Lipinski definition) is 4. The maximum Gasteiger partial charge on any atom is 0.265 e. The highest BCUT2D eigenvalue weighted by molar-refractivity contribution is 7.98. The van der Waals surface area contributed by atoms with Crippen LogP contribution >= 0.6 is 11.8 Å². The number of amides is 1. The average molecular weight is 308 g/mol. The zero-order chi connectivity index (χ0) is 15.4. The normalized spacial score (nSPS) is 10.4. The molecule has 7 N–H and O–H groups in total. The number of anilines is 2. The minimum Gasteiger partial charge on any atom is -0.383 e. The molecule has 1 aromatic carbocycles. The first-order chi connectivity index (χ1) is 9.99. The SMILES string of the molecule is NNC(=O)c1ccc(F)c(CSc2nc(N)cc(N)n2)c1. The highest BCUT2D eigenvalue weighted by Gasteiger charge is 2.10. The number of nitrogens with one attached hydrogen (secondary N) is 1. The molecular formula is C12H13FN6OS. The molecule has 2 rings (SSSR count). The summed E-state index contributed by atoms with van der Waals surface area (Å²) in [5.74, 6) is 4.81. The van der Waals surface area contributed by atoms with Crippen molar-refractivity contribution < 1.29 is 9.18 Å². The summed E-state index contributed by atoms with van der Waals surface area (Å²) in [4.78, 5) is 19.4. The lowest BCUT2D eigenvalue weighted by Gasteiger charge is -2.06. The molecule has 0 fully saturated rings. The number of rotatable bonds is 4. The van der Waals surface area contributed by atoms with E-state index in [4.69, 9.17) is 17.3 Å². The third-order valence-electron chi connectivity index (χ3n) is 2.54. The topological polar surface area (TPSA) is 133 Å². The molecule has 0 aliphatic heterocycles. The van der Waals surface area contributed by atoms with E-state index in [-0.39, 0.29) is 23.0 Å². The molecule has 0 radical (unpaired) electrons. The van der Waals surface area contributed by atoms with Crippen molar-refractivity contribution in [1.29, 1.82) is 0 Å². The van der Waals surface area contributed by atoms with Gasteiger partial charge in [-0.2, -0.15) is 0 Å². The molecule has 110 valence electrons. The van der Waals surface area contributed by atoms with E-state index in [2.05, 4.69) is 9.97 Å². The number of nitrogens with two attached hydrogens (primary N) is 3. The number of nitrogens with zero attached hydrogens (tertiary/aromatic N) is 2. The zero-order valence-corrected chi connectivity index (χ0v) is 11.7. The van der Waals surface area contributed by atoms with Crippen LogP contribution in [0, 0.1) is 5.82 Å². The van der Waals surface area contributed by atoms with Gasteiger partial charge in [0, 0.05) is 17.4 Å². The van der Waals surface area contributed by atoms with Crippen LogP contribution in [0.2, 0.25) is 0 Å². The van der Waals surface area contributed by atoms with Crippen LogP contribution in [0.3, 0.4) is 0 Å². The van der Waals surface area contributed by atoms with Gasteiger partial charge in [0.25, 0.3) is 5.91 Å². The Bertz CT molecular complexity index is 661. The van der Waals surface area contributed by atoms with Crippen molar-refractivity contribution in [1.82, 2.24) is 15.4 Å². The Morgan fingerprint density at radius 1 is 1.24 bits per heavy atom. The zero-order valence-electron chi connectivity index (χ0n) is 10.8. The lowest BCUT2D eigenvalue weighted by Crippen LogP contribution is -2.30. The summed E-state index contributed by atoms with van der Waals surface area (Å²) >= 11 is 1.16. The lowest BCUT2D eigenvalue weighted by molar-refractivity contribution is 0.0953. The molecule has 0 aliphatic carbocycles. The first-order valence-corrected chi connectivity index (χ1v) is 6.80. The van der Waals surface area contributed by atoms with Crippen LogP contribution in [0.25, 0.3) is 0 Å². The molecule has 0 saturated carbocycles. The largest absolute Gasteiger partial charge is 0.383 e. The molecule has 0 bridgehead atoms. The molecule has 0 aliphatic rings. The van der Waals surface area contributed by atoms with Crippen LogP contribution in [0.1, 0.15) is 15.9 Å². The highest BCUT2D eigenvalue weighted by Crippen LogP contribution is 2.23. The van der Waals surface area contributed by atoms with E-state index in [1.165, 1.54) is 24.3 Å². The fourth-order valence-corrected chi connectivity index (χ4v) is 2.42. The highest BCUT2D eigenvalue weighted by atomic mass is 32.2. The fraction of sp³-hybridized carbons (Fsp3) is 0.0833. The van der Waals surface area contributed by atoms with E-state index in [1.54, 1.807) is 0 Å². The number of halogens is 1. The van der Waals surface area contributed by atoms with Gasteiger partial charge in [0.2, 0.25) is 0 Å². The van der Waals surface area contributed by atoms with E-state index in [0.29, 0.717) is 10.7 Å². The second kappa shape index (κ2) is 6.37. The Morgan fingerprint density at radius 3 is 2.52 bits per heavy atom. The number of hydrazine groups is 1. The van der Waals surface area contributed by atoms with Crippen LogP contribution in [0.15, 0.2) is 29.4 Å². The van der Waals surface area contributed by atoms with Crippen molar-refractivity contribution in [2.75, 3.05) is 11.5 Å². The Balaban J connectivity index is 2.17. The molecular weight excluding hydrogens is 295 g/mol. The number of carbonyl (C=O) groups excluding carboxylic acids is 1. The van der Waals surface area contributed by atoms with E-state index >= 15 is 0 Å². The predicted molar refractivity (Wildman–Crippen MR) is 78.5 cm³/mol. The molecule has 9 heteroatoms. The first-order valence-electron chi connectivity index (χ1n) is 5.82. The van der Waals surface area contributed by atoms with Crippen molar-refractivity contribution in [3.05, 3.63) is 41.2 Å². The molecule has 0 atom stereocenters. The Morgan fingerprint density at radius 2 is 1.90 bits per heavy atom. The van der Waals surface area contributed by atoms with Crippen molar-refractivity contribution in [2.45, 2.75) is 10.9 Å². The van der Waals surface area contributed by atoms with E-state index in [1.807, 2.05) is 5.43 Å². The van der Waals surface area contributed by atoms with Gasteiger partial charge in [0.15, 0.2) is 5.16 Å². The minimum absolute atomic E-state index is 0.223. The summed E-state index contributed by atoms with van der Waals surface area (Å²) in [6.07, 6.45) is 0. The van der Waals surface area contributed by atoms with Crippen LogP contribution in [-0.4, -0.2) is 15.9 Å². The molecule has 0 unspecified atom stereocenters. The summed E-state index contributed by atoms with van der Waals surface area (Å²) in [5.41, 5.74) is 13.7. The van der Waals surface area contributed by atoms with Gasteiger partial charge in [-0.3, -0.25) is 10.2 Å². The second-order valence-electron chi connectivity index (χ2n) is 4.07. The third-order valence-corrected chi connectivity index (χ3v) is 3.44. The van der Waals surface area contributed by atoms with Gasteiger partial charge in [-0.25, -0.2) is 20.2 Å². The van der Waals surface area contributed by atoms with Gasteiger partial charge in [-0.05, 0) is 23.8 Å². The number of benzene rings is 1. The average Bonchev–Trinajstić information content (AvgIpc) is 2.44. The number of hydrogen-bond acceptors (Lipinski definition) is 7. The standard InChI is InChI=1S/C12H13FN6OS/c13-8-2-1-6(11(20)19-16)3-7(8)5-21-12-17-9(14)4-10(15)18-12/h1-4H,5,16H2,(H,19,20)(H4,14,15,17,18). The van der Waals surface area contributed by atoms with Gasteiger partial charge in [0.1, 0.15) is 17.5 Å². The van der Waals surface area contributed by atoms with Crippen LogP contribution in [-0.2, 0) is 5.75 Å². The number of carbonyl (C=O) groups is 1. The van der Waals surface area contributed by atoms with Crippen LogP contribution in [0.4, 0.5) is 16.0 Å². The van der Waals surface area contributed by atoms with Gasteiger partial charge >= 0.3 is 0 Å². The number of nitrogen functional groups attached to an aromatic ring is 3. The maximum atomic E-state index is 13.7. The van der Waals surface area contributed by atoms with Gasteiger partial charge in [-0.15, -0.1) is 0 Å². The van der Waals surface area contributed by atoms with Gasteiger partial charge in [0.05, 0.1) is 0 Å². The van der Waals surface area contributed by atoms with E-state index in [0.717, 1.165) is 11.8 Å². The molecule has 21 heavy (non-hydrogen) atoms. The Labute approximate surface area is 124 Å². The smallest absolute Gasteiger partial charge is 0.265 e. The van der Waals surface area contributed by atoms with E-state index < -0.39 is 11.7 Å². The summed E-state index contributed by atoms with van der Waals surface area (Å²) in [7, 11) is 0. The first kappa shape index (κ1) is 15.0. The molecule has 1 aromatic heterocycles. The number of aromatic nitrogens is 2. The Kier molecular flexibility index (Phi) is 4.55. The predicted octanol–water partition coefficient (Wildman–Crippen LogP) is 0.676. The monoisotopic (exact) mass is 308 g/mol. The quantitative estimate of drug-likeness (QED) is 0.214. The number of thioether (sulfide) groups is 1. The maximum absolute atomic E-state index is 13.7. The summed E-state index contributed by atoms with van der Waals surface area (Å²) < 4.78 is 13.7. The lowest BCUT2D eigenvalue weighted by atomic mass is 10.1.